The Bertz CT molecular complexity index is 321. The zero-order chi connectivity index (χ0) is 11.7. The van der Waals surface area contributed by atoms with Gasteiger partial charge in [-0.2, -0.15) is 0 Å². The highest BCUT2D eigenvalue weighted by atomic mass is 32.1. The maximum absolute atomic E-state index is 4.73. The fourth-order valence-electron chi connectivity index (χ4n) is 1.42. The third-order valence-corrected chi connectivity index (χ3v) is 3.59. The van der Waals surface area contributed by atoms with Gasteiger partial charge in [0.05, 0.1) is 11.2 Å². The molecule has 0 saturated heterocycles. The SMILES string of the molecule is CCNC(C)(C)c1nc(C(C)(C)C)cs1. The molecule has 2 nitrogen and oxygen atoms in total. The molecule has 1 aromatic rings. The second kappa shape index (κ2) is 4.22. The van der Waals surface area contributed by atoms with Gasteiger partial charge in [-0.25, -0.2) is 4.98 Å². The van der Waals surface area contributed by atoms with Crippen LogP contribution in [0.3, 0.4) is 0 Å². The Morgan fingerprint density at radius 3 is 2.27 bits per heavy atom. The molecular weight excluding hydrogens is 204 g/mol. The van der Waals surface area contributed by atoms with Crippen molar-refractivity contribution in [3.63, 3.8) is 0 Å². The van der Waals surface area contributed by atoms with Gasteiger partial charge >= 0.3 is 0 Å². The standard InChI is InChI=1S/C12H22N2S/c1-7-13-12(5,6)10-14-9(8-15-10)11(2,3)4/h8,13H,7H2,1-6H3. The first-order chi connectivity index (χ1) is 6.77. The van der Waals surface area contributed by atoms with E-state index in [2.05, 4.69) is 52.2 Å². The van der Waals surface area contributed by atoms with Crippen LogP contribution >= 0.6 is 11.3 Å². The van der Waals surface area contributed by atoms with Crippen LogP contribution in [0.5, 0.6) is 0 Å². The van der Waals surface area contributed by atoms with Crippen LogP contribution in [0.15, 0.2) is 5.38 Å². The highest BCUT2D eigenvalue weighted by Gasteiger charge is 2.25. The molecule has 0 atom stereocenters. The lowest BCUT2D eigenvalue weighted by molar-refractivity contribution is 0.410. The van der Waals surface area contributed by atoms with Gasteiger partial charge in [-0.05, 0) is 20.4 Å². The molecule has 0 aliphatic rings. The van der Waals surface area contributed by atoms with Crippen molar-refractivity contribution in [2.45, 2.75) is 52.5 Å². The van der Waals surface area contributed by atoms with E-state index in [0.29, 0.717) is 0 Å². The van der Waals surface area contributed by atoms with Gasteiger partial charge in [-0.1, -0.05) is 27.7 Å². The maximum Gasteiger partial charge on any atom is 0.112 e. The first kappa shape index (κ1) is 12.7. The number of aromatic nitrogens is 1. The minimum Gasteiger partial charge on any atom is -0.306 e. The average Bonchev–Trinajstić information content (AvgIpc) is 2.50. The quantitative estimate of drug-likeness (QED) is 0.855. The van der Waals surface area contributed by atoms with Crippen molar-refractivity contribution in [2.24, 2.45) is 0 Å². The molecule has 0 bridgehead atoms. The highest BCUT2D eigenvalue weighted by molar-refractivity contribution is 7.09. The van der Waals surface area contributed by atoms with Gasteiger partial charge in [-0.15, -0.1) is 11.3 Å². The normalized spacial score (nSPS) is 13.2. The molecule has 15 heavy (non-hydrogen) atoms. The molecule has 0 fully saturated rings. The zero-order valence-electron chi connectivity index (χ0n) is 10.6. The van der Waals surface area contributed by atoms with E-state index in [9.17, 15) is 0 Å². The number of rotatable bonds is 3. The van der Waals surface area contributed by atoms with Gasteiger partial charge in [0.25, 0.3) is 0 Å². The third-order valence-electron chi connectivity index (χ3n) is 2.43. The van der Waals surface area contributed by atoms with Crippen LogP contribution in [0.4, 0.5) is 0 Å². The lowest BCUT2D eigenvalue weighted by Crippen LogP contribution is -2.36. The molecule has 3 heteroatoms. The molecule has 0 unspecified atom stereocenters. The Hall–Kier alpha value is -0.410. The van der Waals surface area contributed by atoms with E-state index in [1.165, 1.54) is 10.7 Å². The fraction of sp³-hybridized carbons (Fsp3) is 0.750. The van der Waals surface area contributed by atoms with Crippen molar-refractivity contribution in [1.29, 1.82) is 0 Å². The first-order valence-electron chi connectivity index (χ1n) is 5.49. The second-order valence-corrected chi connectivity index (χ2v) is 6.30. The summed E-state index contributed by atoms with van der Waals surface area (Å²) in [6.45, 7) is 14.1. The summed E-state index contributed by atoms with van der Waals surface area (Å²) in [4.78, 5) is 4.73. The van der Waals surface area contributed by atoms with Gasteiger partial charge in [0.1, 0.15) is 5.01 Å². The van der Waals surface area contributed by atoms with E-state index in [1.807, 2.05) is 0 Å². The van der Waals surface area contributed by atoms with Crippen LogP contribution in [-0.2, 0) is 11.0 Å². The summed E-state index contributed by atoms with van der Waals surface area (Å²) < 4.78 is 0. The van der Waals surface area contributed by atoms with Crippen molar-refractivity contribution < 1.29 is 0 Å². The number of hydrogen-bond donors (Lipinski definition) is 1. The number of nitrogens with zero attached hydrogens (tertiary/aromatic N) is 1. The summed E-state index contributed by atoms with van der Waals surface area (Å²) >= 11 is 1.75. The molecule has 1 N–H and O–H groups in total. The van der Waals surface area contributed by atoms with E-state index in [4.69, 9.17) is 4.98 Å². The third kappa shape index (κ3) is 3.02. The van der Waals surface area contributed by atoms with Gasteiger partial charge in [-0.3, -0.25) is 0 Å². The Morgan fingerprint density at radius 1 is 1.27 bits per heavy atom. The molecule has 0 aliphatic carbocycles. The molecule has 0 saturated carbocycles. The molecule has 0 spiro atoms. The second-order valence-electron chi connectivity index (χ2n) is 5.44. The zero-order valence-corrected chi connectivity index (χ0v) is 11.5. The minimum atomic E-state index is -0.0110. The fourth-order valence-corrected chi connectivity index (χ4v) is 2.57. The van der Waals surface area contributed by atoms with E-state index in [0.717, 1.165) is 6.54 Å². The lowest BCUT2D eigenvalue weighted by atomic mass is 9.93. The van der Waals surface area contributed by atoms with Crippen LogP contribution in [-0.4, -0.2) is 11.5 Å². The van der Waals surface area contributed by atoms with Crippen molar-refractivity contribution in [3.8, 4) is 0 Å². The Morgan fingerprint density at radius 2 is 1.87 bits per heavy atom. The molecule has 0 aliphatic heterocycles. The van der Waals surface area contributed by atoms with E-state index >= 15 is 0 Å². The monoisotopic (exact) mass is 226 g/mol. The van der Waals surface area contributed by atoms with Crippen LogP contribution in [0.1, 0.15) is 52.2 Å². The summed E-state index contributed by atoms with van der Waals surface area (Å²) in [5, 5.41) is 6.80. The van der Waals surface area contributed by atoms with Crippen LogP contribution < -0.4 is 5.32 Å². The molecular formula is C12H22N2S. The van der Waals surface area contributed by atoms with Gasteiger partial charge in [0.2, 0.25) is 0 Å². The molecule has 1 aromatic heterocycles. The molecule has 0 amide bonds. The molecule has 1 heterocycles. The van der Waals surface area contributed by atoms with Crippen molar-refractivity contribution in [1.82, 2.24) is 10.3 Å². The first-order valence-corrected chi connectivity index (χ1v) is 6.37. The maximum atomic E-state index is 4.73. The van der Waals surface area contributed by atoms with E-state index in [-0.39, 0.29) is 11.0 Å². The molecule has 0 aromatic carbocycles. The number of thiazole rings is 1. The highest BCUT2D eigenvalue weighted by Crippen LogP contribution is 2.29. The topological polar surface area (TPSA) is 24.9 Å². The van der Waals surface area contributed by atoms with Crippen LogP contribution in [0, 0.1) is 0 Å². The largest absolute Gasteiger partial charge is 0.306 e. The summed E-state index contributed by atoms with van der Waals surface area (Å²) in [5.74, 6) is 0. The predicted octanol–water partition coefficient (Wildman–Crippen LogP) is 3.29. The number of hydrogen-bond acceptors (Lipinski definition) is 3. The molecule has 1 rings (SSSR count). The van der Waals surface area contributed by atoms with Crippen LogP contribution in [0.25, 0.3) is 0 Å². The minimum absolute atomic E-state index is 0.0110. The van der Waals surface area contributed by atoms with Gasteiger partial charge < -0.3 is 5.32 Å². The van der Waals surface area contributed by atoms with Crippen LogP contribution in [0.2, 0.25) is 0 Å². The van der Waals surface area contributed by atoms with E-state index < -0.39 is 0 Å². The summed E-state index contributed by atoms with van der Waals surface area (Å²) in [6.07, 6.45) is 0. The summed E-state index contributed by atoms with van der Waals surface area (Å²) in [6, 6.07) is 0. The predicted molar refractivity (Wildman–Crippen MR) is 67.5 cm³/mol. The number of nitrogens with one attached hydrogen (secondary N) is 1. The Balaban J connectivity index is 2.94. The van der Waals surface area contributed by atoms with E-state index in [1.54, 1.807) is 11.3 Å². The average molecular weight is 226 g/mol. The Labute approximate surface area is 97.1 Å². The van der Waals surface area contributed by atoms with Crippen molar-refractivity contribution >= 4 is 11.3 Å². The summed E-state index contributed by atoms with van der Waals surface area (Å²) in [5.41, 5.74) is 1.33. The molecule has 0 radical (unpaired) electrons. The molecule has 86 valence electrons. The Kier molecular flexibility index (Phi) is 3.56. The van der Waals surface area contributed by atoms with Gasteiger partial charge in [0, 0.05) is 10.8 Å². The van der Waals surface area contributed by atoms with Crippen molar-refractivity contribution in [3.05, 3.63) is 16.1 Å². The van der Waals surface area contributed by atoms with Gasteiger partial charge in [0.15, 0.2) is 0 Å². The van der Waals surface area contributed by atoms with Crippen molar-refractivity contribution in [2.75, 3.05) is 6.54 Å². The lowest BCUT2D eigenvalue weighted by Gasteiger charge is -2.23. The summed E-state index contributed by atoms with van der Waals surface area (Å²) in [7, 11) is 0. The smallest absolute Gasteiger partial charge is 0.112 e.